The maximum atomic E-state index is 13.2. The van der Waals surface area contributed by atoms with E-state index in [0.717, 1.165) is 5.56 Å². The van der Waals surface area contributed by atoms with E-state index >= 15 is 0 Å². The summed E-state index contributed by atoms with van der Waals surface area (Å²) in [4.78, 5) is 17.7. The molecule has 0 radical (unpaired) electrons. The van der Waals surface area contributed by atoms with E-state index in [1.807, 2.05) is 6.07 Å². The number of anilines is 1. The van der Waals surface area contributed by atoms with Crippen molar-refractivity contribution in [3.05, 3.63) is 83.3 Å². The first-order valence-electron chi connectivity index (χ1n) is 8.82. The smallest absolute Gasteiger partial charge is 0.285 e. The molecular weight excluding hydrogens is 392 g/mol. The highest BCUT2D eigenvalue weighted by Crippen LogP contribution is 2.24. The molecule has 0 aliphatic heterocycles. The SMILES string of the molecule is COc1ccccc1C(=O)n1nc(-c2ccc(Cl)cc2)nc1NCc1ccco1. The molecule has 0 unspecified atom stereocenters. The molecule has 0 saturated carbocycles. The molecule has 7 nitrogen and oxygen atoms in total. The van der Waals surface area contributed by atoms with E-state index in [-0.39, 0.29) is 5.91 Å². The Kier molecular flexibility index (Phi) is 5.31. The summed E-state index contributed by atoms with van der Waals surface area (Å²) < 4.78 is 11.9. The van der Waals surface area contributed by atoms with Crippen molar-refractivity contribution in [1.29, 1.82) is 0 Å². The summed E-state index contributed by atoms with van der Waals surface area (Å²) in [6.07, 6.45) is 1.58. The lowest BCUT2D eigenvalue weighted by Crippen LogP contribution is -2.18. The highest BCUT2D eigenvalue weighted by molar-refractivity contribution is 6.30. The van der Waals surface area contributed by atoms with Crippen molar-refractivity contribution in [3.8, 4) is 17.1 Å². The van der Waals surface area contributed by atoms with Crippen molar-refractivity contribution in [2.45, 2.75) is 6.54 Å². The minimum Gasteiger partial charge on any atom is -0.496 e. The molecule has 1 N–H and O–H groups in total. The number of rotatable bonds is 6. The zero-order valence-electron chi connectivity index (χ0n) is 15.5. The van der Waals surface area contributed by atoms with Gasteiger partial charge in [0.15, 0.2) is 5.82 Å². The number of hydrogen-bond donors (Lipinski definition) is 1. The van der Waals surface area contributed by atoms with Gasteiger partial charge < -0.3 is 14.5 Å². The molecule has 0 amide bonds. The quantitative estimate of drug-likeness (QED) is 0.505. The number of carbonyl (C=O) groups is 1. The average Bonchev–Trinajstić information content (AvgIpc) is 3.42. The Bertz CT molecular complexity index is 1120. The van der Waals surface area contributed by atoms with Crippen LogP contribution < -0.4 is 10.1 Å². The van der Waals surface area contributed by atoms with Crippen LogP contribution in [0.25, 0.3) is 11.4 Å². The molecule has 8 heteroatoms. The van der Waals surface area contributed by atoms with Crippen LogP contribution in [0.3, 0.4) is 0 Å². The number of ether oxygens (including phenoxy) is 1. The molecule has 0 saturated heterocycles. The summed E-state index contributed by atoms with van der Waals surface area (Å²) in [5, 5.41) is 8.15. The average molecular weight is 409 g/mol. The summed E-state index contributed by atoms with van der Waals surface area (Å²) in [7, 11) is 1.52. The predicted octanol–water partition coefficient (Wildman–Crippen LogP) is 4.50. The second-order valence-corrected chi connectivity index (χ2v) is 6.55. The number of benzene rings is 2. The van der Waals surface area contributed by atoms with Crippen molar-refractivity contribution in [2.24, 2.45) is 0 Å². The van der Waals surface area contributed by atoms with E-state index in [4.69, 9.17) is 20.8 Å². The molecule has 2 aromatic carbocycles. The lowest BCUT2D eigenvalue weighted by molar-refractivity contribution is 0.0944. The van der Waals surface area contributed by atoms with Crippen molar-refractivity contribution < 1.29 is 13.9 Å². The number of carbonyl (C=O) groups excluding carboxylic acids is 1. The van der Waals surface area contributed by atoms with Crippen LogP contribution in [-0.4, -0.2) is 27.8 Å². The van der Waals surface area contributed by atoms with E-state index in [0.29, 0.717) is 40.4 Å². The molecule has 2 aromatic heterocycles. The zero-order valence-corrected chi connectivity index (χ0v) is 16.3. The second-order valence-electron chi connectivity index (χ2n) is 6.12. The van der Waals surface area contributed by atoms with Crippen LogP contribution in [0, 0.1) is 0 Å². The summed E-state index contributed by atoms with van der Waals surface area (Å²) >= 11 is 5.97. The molecule has 0 bridgehead atoms. The Labute approximate surface area is 171 Å². The first kappa shape index (κ1) is 18.8. The largest absolute Gasteiger partial charge is 0.496 e. The normalized spacial score (nSPS) is 10.7. The van der Waals surface area contributed by atoms with Gasteiger partial charge in [-0.05, 0) is 48.5 Å². The Morgan fingerprint density at radius 2 is 1.93 bits per heavy atom. The third kappa shape index (κ3) is 4.00. The number of halogens is 1. The third-order valence-corrected chi connectivity index (χ3v) is 4.49. The van der Waals surface area contributed by atoms with E-state index in [1.165, 1.54) is 11.8 Å². The first-order chi connectivity index (χ1) is 14.2. The number of para-hydroxylation sites is 1. The topological polar surface area (TPSA) is 82.2 Å². The molecular formula is C21H17ClN4O3. The van der Waals surface area contributed by atoms with Gasteiger partial charge in [-0.25, -0.2) is 0 Å². The van der Waals surface area contributed by atoms with Crippen LogP contribution in [-0.2, 0) is 6.54 Å². The van der Waals surface area contributed by atoms with Crippen LogP contribution in [0.4, 0.5) is 5.95 Å². The molecule has 0 fully saturated rings. The van der Waals surface area contributed by atoms with Crippen LogP contribution in [0.5, 0.6) is 5.75 Å². The summed E-state index contributed by atoms with van der Waals surface area (Å²) in [6, 6.07) is 17.7. The lowest BCUT2D eigenvalue weighted by Gasteiger charge is -2.09. The fourth-order valence-electron chi connectivity index (χ4n) is 2.80. The van der Waals surface area contributed by atoms with E-state index in [1.54, 1.807) is 60.9 Å². The van der Waals surface area contributed by atoms with Gasteiger partial charge in [0, 0.05) is 10.6 Å². The van der Waals surface area contributed by atoms with Crippen molar-refractivity contribution >= 4 is 23.5 Å². The van der Waals surface area contributed by atoms with Gasteiger partial charge in [-0.2, -0.15) is 9.67 Å². The van der Waals surface area contributed by atoms with Gasteiger partial charge in [0.2, 0.25) is 5.95 Å². The maximum Gasteiger partial charge on any atom is 0.285 e. The molecule has 0 atom stereocenters. The van der Waals surface area contributed by atoms with Gasteiger partial charge in [0.05, 0.1) is 25.5 Å². The fourth-order valence-corrected chi connectivity index (χ4v) is 2.93. The second kappa shape index (κ2) is 8.20. The molecule has 0 aliphatic rings. The standard InChI is InChI=1S/C21H17ClN4O3/c1-28-18-7-3-2-6-17(18)20(27)26-21(23-13-16-5-4-12-29-16)24-19(25-26)14-8-10-15(22)11-9-14/h2-12H,13H2,1H3,(H,23,24,25). The van der Waals surface area contributed by atoms with E-state index in [9.17, 15) is 4.79 Å². The molecule has 4 aromatic rings. The number of nitrogens with zero attached hydrogens (tertiary/aromatic N) is 3. The molecule has 4 rings (SSSR count). The molecule has 146 valence electrons. The predicted molar refractivity (Wildman–Crippen MR) is 109 cm³/mol. The highest BCUT2D eigenvalue weighted by Gasteiger charge is 2.21. The summed E-state index contributed by atoms with van der Waals surface area (Å²) in [6.45, 7) is 0.352. The van der Waals surface area contributed by atoms with Gasteiger partial charge in [-0.15, -0.1) is 5.10 Å². The van der Waals surface area contributed by atoms with Gasteiger partial charge in [0.1, 0.15) is 11.5 Å². The number of furan rings is 1. The first-order valence-corrected chi connectivity index (χ1v) is 9.20. The fraction of sp³-hybridized carbons (Fsp3) is 0.0952. The zero-order chi connectivity index (χ0) is 20.2. The highest BCUT2D eigenvalue weighted by atomic mass is 35.5. The lowest BCUT2D eigenvalue weighted by atomic mass is 10.2. The Hall–Kier alpha value is -3.58. The van der Waals surface area contributed by atoms with Crippen molar-refractivity contribution in [3.63, 3.8) is 0 Å². The summed E-state index contributed by atoms with van der Waals surface area (Å²) in [5.74, 6) is 1.49. The number of aromatic nitrogens is 3. The Morgan fingerprint density at radius 3 is 2.66 bits per heavy atom. The maximum absolute atomic E-state index is 13.2. The van der Waals surface area contributed by atoms with E-state index < -0.39 is 0 Å². The number of nitrogens with one attached hydrogen (secondary N) is 1. The molecule has 0 spiro atoms. The van der Waals surface area contributed by atoms with Crippen LogP contribution in [0.1, 0.15) is 16.1 Å². The van der Waals surface area contributed by atoms with Crippen LogP contribution in [0.15, 0.2) is 71.3 Å². The third-order valence-electron chi connectivity index (χ3n) is 4.24. The minimum atomic E-state index is -0.364. The molecule has 29 heavy (non-hydrogen) atoms. The molecule has 2 heterocycles. The monoisotopic (exact) mass is 408 g/mol. The van der Waals surface area contributed by atoms with Crippen molar-refractivity contribution in [1.82, 2.24) is 14.8 Å². The summed E-state index contributed by atoms with van der Waals surface area (Å²) in [5.41, 5.74) is 1.12. The minimum absolute atomic E-state index is 0.294. The van der Waals surface area contributed by atoms with Gasteiger partial charge in [0.25, 0.3) is 5.91 Å². The Morgan fingerprint density at radius 1 is 1.14 bits per heavy atom. The van der Waals surface area contributed by atoms with Crippen molar-refractivity contribution in [2.75, 3.05) is 12.4 Å². The van der Waals surface area contributed by atoms with Crippen LogP contribution in [0.2, 0.25) is 5.02 Å². The van der Waals surface area contributed by atoms with E-state index in [2.05, 4.69) is 15.4 Å². The van der Waals surface area contributed by atoms with Gasteiger partial charge in [-0.1, -0.05) is 23.7 Å². The number of methoxy groups -OCH3 is 1. The number of hydrogen-bond acceptors (Lipinski definition) is 6. The molecule has 0 aliphatic carbocycles. The van der Waals surface area contributed by atoms with Gasteiger partial charge >= 0.3 is 0 Å². The van der Waals surface area contributed by atoms with Crippen LogP contribution >= 0.6 is 11.6 Å². The Balaban J connectivity index is 1.73. The van der Waals surface area contributed by atoms with Gasteiger partial charge in [-0.3, -0.25) is 4.79 Å².